The Labute approximate surface area is 300 Å². The first-order chi connectivity index (χ1) is 25.3. The fraction of sp³-hybridized carbons (Fsp3) is 0.214. The van der Waals surface area contributed by atoms with Crippen molar-refractivity contribution in [1.29, 1.82) is 0 Å². The Bertz CT molecular complexity index is 2140. The molecule has 1 fully saturated rings. The predicted octanol–water partition coefficient (Wildman–Crippen LogP) is 6.40. The van der Waals surface area contributed by atoms with Crippen LogP contribution in [0.15, 0.2) is 137 Å². The Kier molecular flexibility index (Phi) is 10.5. The molecule has 10 heteroatoms. The van der Waals surface area contributed by atoms with Gasteiger partial charge in [0.15, 0.2) is 5.76 Å². The molecule has 1 aliphatic heterocycles. The van der Waals surface area contributed by atoms with Gasteiger partial charge < -0.3 is 43.4 Å². The number of hydrogen-bond donors (Lipinski definition) is 3. The normalized spacial score (nSPS) is 20.0. The molecule has 0 amide bonds. The molecule has 0 radical (unpaired) electrons. The van der Waals surface area contributed by atoms with Gasteiger partial charge in [-0.2, -0.15) is 0 Å². The molecule has 0 aliphatic carbocycles. The van der Waals surface area contributed by atoms with Crippen LogP contribution in [0, 0.1) is 0 Å². The minimum Gasteiger partial charge on any atom is -0.489 e. The predicted molar refractivity (Wildman–Crippen MR) is 193 cm³/mol. The lowest BCUT2D eigenvalue weighted by Gasteiger charge is -2.38. The maximum Gasteiger partial charge on any atom is 0.239 e. The molecule has 1 aromatic heterocycles. The van der Waals surface area contributed by atoms with Crippen molar-refractivity contribution in [2.75, 3.05) is 0 Å². The van der Waals surface area contributed by atoms with Crippen LogP contribution in [0.3, 0.4) is 0 Å². The van der Waals surface area contributed by atoms with Crippen LogP contribution in [0.4, 0.5) is 0 Å². The number of fused-ring (bicyclic) bond motifs is 1. The van der Waals surface area contributed by atoms with Crippen LogP contribution in [-0.4, -0.2) is 46.0 Å². The van der Waals surface area contributed by atoms with E-state index in [1.807, 2.05) is 91.0 Å². The van der Waals surface area contributed by atoms with E-state index in [9.17, 15) is 20.1 Å². The molecule has 3 N–H and O–H groups in total. The molecule has 0 bridgehead atoms. The van der Waals surface area contributed by atoms with Gasteiger partial charge in [0, 0.05) is 17.7 Å². The maximum atomic E-state index is 14.6. The minimum absolute atomic E-state index is 0.0328. The highest BCUT2D eigenvalue weighted by Crippen LogP contribution is 2.39. The SMILES string of the molecule is CC1O[C@@H](Oc2c(-c3ccc(OCc4ccccc4)cc3)oc3cc(OCc4ccccc4)cc(OCc4ccccc4)c3c2=O)C(O)C(O)[C@H]1O. The molecule has 52 heavy (non-hydrogen) atoms. The molecule has 0 saturated carbocycles. The minimum atomic E-state index is -1.68. The van der Waals surface area contributed by atoms with Gasteiger partial charge in [-0.25, -0.2) is 0 Å². The number of hydrogen-bond acceptors (Lipinski definition) is 10. The van der Waals surface area contributed by atoms with Gasteiger partial charge in [0.2, 0.25) is 17.5 Å². The second kappa shape index (κ2) is 15.7. The molecule has 7 rings (SSSR count). The van der Waals surface area contributed by atoms with E-state index < -0.39 is 36.1 Å². The third-order valence-corrected chi connectivity index (χ3v) is 8.78. The summed E-state index contributed by atoms with van der Waals surface area (Å²) in [5.41, 5.74) is 2.84. The van der Waals surface area contributed by atoms with Crippen molar-refractivity contribution in [3.8, 4) is 34.3 Å². The zero-order valence-corrected chi connectivity index (χ0v) is 28.3. The number of aliphatic hydroxyl groups is 3. The smallest absolute Gasteiger partial charge is 0.239 e. The van der Waals surface area contributed by atoms with Gasteiger partial charge in [-0.15, -0.1) is 0 Å². The number of aliphatic hydroxyl groups excluding tert-OH is 3. The largest absolute Gasteiger partial charge is 0.489 e. The molecule has 10 nitrogen and oxygen atoms in total. The average molecular weight is 703 g/mol. The van der Waals surface area contributed by atoms with Crippen LogP contribution < -0.4 is 24.4 Å². The molecule has 1 saturated heterocycles. The number of ether oxygens (including phenoxy) is 5. The molecule has 266 valence electrons. The molecule has 0 spiro atoms. The molecule has 5 aromatic carbocycles. The standard InChI is InChI=1S/C42H38O10/c1-26-36(43)38(45)39(46)42(50-26)52-41-37(44)35-33(49-25-29-15-9-4-10-16-29)21-32(48-24-28-13-7-3-8-14-28)22-34(35)51-40(41)30-17-19-31(20-18-30)47-23-27-11-5-2-6-12-27/h2-22,26,36,38-39,42-43,45-46H,23-25H2,1H3/t26?,36-,38?,39?,42-/m0/s1. The first-order valence-electron chi connectivity index (χ1n) is 17.0. The van der Waals surface area contributed by atoms with E-state index in [2.05, 4.69) is 0 Å². The van der Waals surface area contributed by atoms with E-state index in [-0.39, 0.29) is 41.4 Å². The second-order valence-electron chi connectivity index (χ2n) is 12.5. The summed E-state index contributed by atoms with van der Waals surface area (Å²) in [5.74, 6) is 0.929. The Morgan fingerprint density at radius 2 is 1.15 bits per heavy atom. The van der Waals surface area contributed by atoms with E-state index in [1.165, 1.54) is 6.92 Å². The monoisotopic (exact) mass is 702 g/mol. The molecular weight excluding hydrogens is 664 g/mol. The highest BCUT2D eigenvalue weighted by molar-refractivity contribution is 5.88. The van der Waals surface area contributed by atoms with Crippen molar-refractivity contribution in [2.45, 2.75) is 57.5 Å². The van der Waals surface area contributed by atoms with E-state index in [4.69, 9.17) is 28.1 Å². The van der Waals surface area contributed by atoms with Crippen molar-refractivity contribution >= 4 is 11.0 Å². The Hall–Kier alpha value is -5.65. The summed E-state index contributed by atoms with van der Waals surface area (Å²) in [6.07, 6.45) is -7.04. The lowest BCUT2D eigenvalue weighted by Crippen LogP contribution is -2.58. The van der Waals surface area contributed by atoms with Gasteiger partial charge >= 0.3 is 0 Å². The summed E-state index contributed by atoms with van der Waals surface area (Å²) in [7, 11) is 0. The van der Waals surface area contributed by atoms with Crippen LogP contribution in [-0.2, 0) is 24.6 Å². The third kappa shape index (κ3) is 7.80. The Morgan fingerprint density at radius 3 is 1.73 bits per heavy atom. The van der Waals surface area contributed by atoms with Gasteiger partial charge in [-0.3, -0.25) is 4.79 Å². The maximum absolute atomic E-state index is 14.6. The van der Waals surface area contributed by atoms with Gasteiger partial charge in [0.25, 0.3) is 0 Å². The second-order valence-corrected chi connectivity index (χ2v) is 12.5. The van der Waals surface area contributed by atoms with Crippen molar-refractivity contribution in [3.05, 3.63) is 154 Å². The van der Waals surface area contributed by atoms with Crippen LogP contribution in [0.25, 0.3) is 22.3 Å². The zero-order valence-electron chi connectivity index (χ0n) is 28.3. The zero-order chi connectivity index (χ0) is 36.0. The summed E-state index contributed by atoms with van der Waals surface area (Å²) in [6.45, 7) is 2.30. The summed E-state index contributed by atoms with van der Waals surface area (Å²) in [5, 5.41) is 31.7. The highest BCUT2D eigenvalue weighted by Gasteiger charge is 2.44. The van der Waals surface area contributed by atoms with E-state index >= 15 is 0 Å². The van der Waals surface area contributed by atoms with Gasteiger partial charge in [-0.05, 0) is 47.9 Å². The summed E-state index contributed by atoms with van der Waals surface area (Å²) in [6, 6.07) is 39.1. The van der Waals surface area contributed by atoms with E-state index in [0.717, 1.165) is 16.7 Å². The van der Waals surface area contributed by atoms with Crippen molar-refractivity contribution in [1.82, 2.24) is 0 Å². The van der Waals surface area contributed by atoms with Crippen LogP contribution >= 0.6 is 0 Å². The van der Waals surface area contributed by atoms with Gasteiger partial charge in [-0.1, -0.05) is 91.0 Å². The van der Waals surface area contributed by atoms with Crippen molar-refractivity contribution < 1.29 is 43.4 Å². The van der Waals surface area contributed by atoms with E-state index in [0.29, 0.717) is 23.7 Å². The lowest BCUT2D eigenvalue weighted by atomic mass is 10.00. The first kappa shape index (κ1) is 34.8. The number of rotatable bonds is 12. The molecule has 5 atom stereocenters. The fourth-order valence-electron chi connectivity index (χ4n) is 5.88. The number of benzene rings is 5. The Balaban J connectivity index is 1.31. The van der Waals surface area contributed by atoms with Crippen LogP contribution in [0.2, 0.25) is 0 Å². The third-order valence-electron chi connectivity index (χ3n) is 8.78. The van der Waals surface area contributed by atoms with Crippen LogP contribution in [0.1, 0.15) is 23.6 Å². The quantitative estimate of drug-likeness (QED) is 0.131. The first-order valence-corrected chi connectivity index (χ1v) is 17.0. The molecule has 3 unspecified atom stereocenters. The summed E-state index contributed by atoms with van der Waals surface area (Å²) < 4.78 is 36.7. The Morgan fingerprint density at radius 1 is 0.615 bits per heavy atom. The molecule has 6 aromatic rings. The highest BCUT2D eigenvalue weighted by atomic mass is 16.7. The molecular formula is C42H38O10. The van der Waals surface area contributed by atoms with Crippen molar-refractivity contribution in [2.24, 2.45) is 0 Å². The summed E-state index contributed by atoms with van der Waals surface area (Å²) in [4.78, 5) is 14.6. The van der Waals surface area contributed by atoms with Gasteiger partial charge in [0.1, 0.15) is 66.4 Å². The van der Waals surface area contributed by atoms with Crippen LogP contribution in [0.5, 0.6) is 23.0 Å². The average Bonchev–Trinajstić information content (AvgIpc) is 3.18. The topological polar surface area (TPSA) is 137 Å². The van der Waals surface area contributed by atoms with Crippen molar-refractivity contribution in [3.63, 3.8) is 0 Å². The molecule has 2 heterocycles. The van der Waals surface area contributed by atoms with Gasteiger partial charge in [0.05, 0.1) is 6.10 Å². The summed E-state index contributed by atoms with van der Waals surface area (Å²) >= 11 is 0. The lowest BCUT2D eigenvalue weighted by molar-refractivity contribution is -0.268. The fourth-order valence-corrected chi connectivity index (χ4v) is 5.88. The van der Waals surface area contributed by atoms with E-state index in [1.54, 1.807) is 36.4 Å². The molecule has 1 aliphatic rings.